The van der Waals surface area contributed by atoms with Gasteiger partial charge in [-0.1, -0.05) is 32.4 Å². The highest BCUT2D eigenvalue weighted by molar-refractivity contribution is 7.87. The van der Waals surface area contributed by atoms with E-state index in [0.29, 0.717) is 18.8 Å². The summed E-state index contributed by atoms with van der Waals surface area (Å²) in [6.07, 6.45) is 3.02. The molecule has 6 nitrogen and oxygen atoms in total. The molecule has 7 heteroatoms. The van der Waals surface area contributed by atoms with Crippen molar-refractivity contribution in [3.05, 3.63) is 29.8 Å². The smallest absolute Gasteiger partial charge is 0.279 e. The molecule has 0 spiro atoms. The van der Waals surface area contributed by atoms with Gasteiger partial charge in [-0.2, -0.15) is 17.4 Å². The third-order valence-electron chi connectivity index (χ3n) is 4.17. The molecular formula is C16H25N3O3S. The Kier molecular flexibility index (Phi) is 6.15. The van der Waals surface area contributed by atoms with Gasteiger partial charge in [0.15, 0.2) is 0 Å². The number of hydrogen-bond acceptors (Lipinski definition) is 3. The molecule has 0 heterocycles. The van der Waals surface area contributed by atoms with Crippen LogP contribution >= 0.6 is 0 Å². The predicted molar refractivity (Wildman–Crippen MR) is 91.1 cm³/mol. The van der Waals surface area contributed by atoms with Crippen LogP contribution in [0.2, 0.25) is 0 Å². The summed E-state index contributed by atoms with van der Waals surface area (Å²) in [6.45, 7) is 4.68. The van der Waals surface area contributed by atoms with Crippen molar-refractivity contribution >= 4 is 21.8 Å². The van der Waals surface area contributed by atoms with Crippen LogP contribution in [0, 0.1) is 5.92 Å². The van der Waals surface area contributed by atoms with Crippen molar-refractivity contribution < 1.29 is 13.2 Å². The number of carbonyl (C=O) groups excluding carboxylic acids is 1. The summed E-state index contributed by atoms with van der Waals surface area (Å²) < 4.78 is 28.2. The highest BCUT2D eigenvalue weighted by atomic mass is 32.2. The van der Waals surface area contributed by atoms with E-state index in [1.54, 1.807) is 19.9 Å². The number of carbonyl (C=O) groups is 1. The summed E-state index contributed by atoms with van der Waals surface area (Å²) in [6, 6.07) is 7.28. The average molecular weight is 339 g/mol. The van der Waals surface area contributed by atoms with Crippen molar-refractivity contribution in [2.75, 3.05) is 18.4 Å². The second kappa shape index (κ2) is 7.90. The van der Waals surface area contributed by atoms with Crippen LogP contribution in [0.4, 0.5) is 5.69 Å². The molecule has 0 unspecified atom stereocenters. The molecule has 0 aliphatic heterocycles. The molecule has 1 amide bonds. The normalized spacial score (nSPS) is 15.4. The summed E-state index contributed by atoms with van der Waals surface area (Å²) in [4.78, 5) is 12.0. The number of benzene rings is 1. The molecule has 1 saturated carbocycles. The second-order valence-electron chi connectivity index (χ2n) is 5.73. The average Bonchev–Trinajstić information content (AvgIpc) is 2.45. The number of rotatable bonds is 8. The first-order valence-corrected chi connectivity index (χ1v) is 9.54. The van der Waals surface area contributed by atoms with Crippen LogP contribution in [-0.2, 0) is 21.5 Å². The van der Waals surface area contributed by atoms with Crippen LogP contribution in [0.1, 0.15) is 38.7 Å². The zero-order chi connectivity index (χ0) is 16.9. The molecule has 2 N–H and O–H groups in total. The van der Waals surface area contributed by atoms with Crippen LogP contribution in [0.15, 0.2) is 24.3 Å². The minimum Gasteiger partial charge on any atom is -0.326 e. The van der Waals surface area contributed by atoms with Gasteiger partial charge in [-0.05, 0) is 30.5 Å². The van der Waals surface area contributed by atoms with E-state index < -0.39 is 10.2 Å². The quantitative estimate of drug-likeness (QED) is 0.761. The largest absolute Gasteiger partial charge is 0.326 e. The van der Waals surface area contributed by atoms with Gasteiger partial charge in [-0.3, -0.25) is 4.79 Å². The van der Waals surface area contributed by atoms with Crippen molar-refractivity contribution in [3.8, 4) is 0 Å². The second-order valence-corrected chi connectivity index (χ2v) is 7.48. The lowest BCUT2D eigenvalue weighted by atomic mass is 9.85. The molecular weight excluding hydrogens is 314 g/mol. The van der Waals surface area contributed by atoms with Gasteiger partial charge in [-0.15, -0.1) is 0 Å². The summed E-state index contributed by atoms with van der Waals surface area (Å²) in [5, 5.41) is 2.90. The lowest BCUT2D eigenvalue weighted by Crippen LogP contribution is -2.40. The fourth-order valence-electron chi connectivity index (χ4n) is 2.50. The molecule has 23 heavy (non-hydrogen) atoms. The van der Waals surface area contributed by atoms with Crippen LogP contribution in [-0.4, -0.2) is 31.7 Å². The standard InChI is InChI=1S/C16H25N3O3S/c1-3-19(4-2)23(21,22)17-12-13-7-5-10-15(11-13)18-16(20)14-8-6-9-14/h5,7,10-11,14,17H,3-4,6,8-9,12H2,1-2H3,(H,18,20). The molecule has 1 aliphatic rings. The summed E-state index contributed by atoms with van der Waals surface area (Å²) >= 11 is 0. The van der Waals surface area contributed by atoms with Gasteiger partial charge in [0.05, 0.1) is 0 Å². The summed E-state index contributed by atoms with van der Waals surface area (Å²) in [5.74, 6) is 0.178. The minimum absolute atomic E-state index is 0.0529. The first kappa shape index (κ1) is 17.9. The predicted octanol–water partition coefficient (Wildman–Crippen LogP) is 2.10. The minimum atomic E-state index is -3.47. The Morgan fingerprint density at radius 3 is 2.52 bits per heavy atom. The van der Waals surface area contributed by atoms with E-state index in [2.05, 4.69) is 10.0 Å². The maximum atomic E-state index is 12.1. The Hall–Kier alpha value is -1.44. The molecule has 1 aromatic rings. The molecule has 1 aliphatic carbocycles. The number of anilines is 1. The van der Waals surface area contributed by atoms with E-state index >= 15 is 0 Å². The van der Waals surface area contributed by atoms with Gasteiger partial charge >= 0.3 is 0 Å². The SMILES string of the molecule is CCN(CC)S(=O)(=O)NCc1cccc(NC(=O)C2CCC2)c1. The van der Waals surface area contributed by atoms with E-state index in [-0.39, 0.29) is 18.4 Å². The van der Waals surface area contributed by atoms with Gasteiger partial charge in [0.2, 0.25) is 5.91 Å². The Labute approximate surface area is 138 Å². The van der Waals surface area contributed by atoms with Crippen molar-refractivity contribution in [2.24, 2.45) is 5.92 Å². The third kappa shape index (κ3) is 4.76. The van der Waals surface area contributed by atoms with Crippen LogP contribution in [0.25, 0.3) is 0 Å². The zero-order valence-electron chi connectivity index (χ0n) is 13.7. The molecule has 0 atom stereocenters. The van der Waals surface area contributed by atoms with Crippen LogP contribution in [0.5, 0.6) is 0 Å². The molecule has 128 valence electrons. The van der Waals surface area contributed by atoms with E-state index in [0.717, 1.165) is 24.8 Å². The van der Waals surface area contributed by atoms with Crippen molar-refractivity contribution in [3.63, 3.8) is 0 Å². The van der Waals surface area contributed by atoms with Gasteiger partial charge in [0.25, 0.3) is 10.2 Å². The van der Waals surface area contributed by atoms with Crippen LogP contribution < -0.4 is 10.0 Å². The van der Waals surface area contributed by atoms with E-state index in [4.69, 9.17) is 0 Å². The Bertz CT molecular complexity index is 638. The monoisotopic (exact) mass is 339 g/mol. The Morgan fingerprint density at radius 1 is 1.26 bits per heavy atom. The van der Waals surface area contributed by atoms with Crippen molar-refractivity contribution in [1.29, 1.82) is 0 Å². The molecule has 0 saturated heterocycles. The fraction of sp³-hybridized carbons (Fsp3) is 0.562. The highest BCUT2D eigenvalue weighted by Gasteiger charge is 2.25. The highest BCUT2D eigenvalue weighted by Crippen LogP contribution is 2.27. The number of hydrogen-bond donors (Lipinski definition) is 2. The maximum Gasteiger partial charge on any atom is 0.279 e. The van der Waals surface area contributed by atoms with Gasteiger partial charge in [0, 0.05) is 31.2 Å². The molecule has 0 radical (unpaired) electrons. The van der Waals surface area contributed by atoms with Crippen molar-refractivity contribution in [2.45, 2.75) is 39.7 Å². The number of nitrogens with zero attached hydrogens (tertiary/aromatic N) is 1. The number of nitrogens with one attached hydrogen (secondary N) is 2. The molecule has 0 bridgehead atoms. The van der Waals surface area contributed by atoms with Gasteiger partial charge < -0.3 is 5.32 Å². The maximum absolute atomic E-state index is 12.1. The van der Waals surface area contributed by atoms with E-state index in [1.165, 1.54) is 4.31 Å². The summed E-state index contributed by atoms with van der Waals surface area (Å²) in [7, 11) is -3.47. The summed E-state index contributed by atoms with van der Waals surface area (Å²) in [5.41, 5.74) is 1.52. The topological polar surface area (TPSA) is 78.5 Å². The lowest BCUT2D eigenvalue weighted by Gasteiger charge is -2.24. The Balaban J connectivity index is 1.95. The first-order chi connectivity index (χ1) is 11.0. The third-order valence-corrected chi connectivity index (χ3v) is 5.88. The first-order valence-electron chi connectivity index (χ1n) is 8.10. The number of amides is 1. The van der Waals surface area contributed by atoms with E-state index in [1.807, 2.05) is 18.2 Å². The van der Waals surface area contributed by atoms with Crippen molar-refractivity contribution in [1.82, 2.24) is 9.03 Å². The molecule has 0 aromatic heterocycles. The zero-order valence-corrected chi connectivity index (χ0v) is 14.5. The fourth-order valence-corrected chi connectivity index (χ4v) is 3.71. The Morgan fingerprint density at radius 2 is 1.96 bits per heavy atom. The molecule has 2 rings (SSSR count). The van der Waals surface area contributed by atoms with E-state index in [9.17, 15) is 13.2 Å². The van der Waals surface area contributed by atoms with Gasteiger partial charge in [0.1, 0.15) is 0 Å². The molecule has 1 aromatic carbocycles. The molecule has 1 fully saturated rings. The van der Waals surface area contributed by atoms with Crippen LogP contribution in [0.3, 0.4) is 0 Å². The van der Waals surface area contributed by atoms with Gasteiger partial charge in [-0.25, -0.2) is 0 Å². The lowest BCUT2D eigenvalue weighted by molar-refractivity contribution is -0.122.